The molecule has 2 atom stereocenters. The smallest absolute Gasteiger partial charge is 0.407 e. The lowest BCUT2D eigenvalue weighted by Crippen LogP contribution is -2.54. The van der Waals surface area contributed by atoms with E-state index in [9.17, 15) is 19.1 Å². The molecule has 2 fully saturated rings. The van der Waals surface area contributed by atoms with E-state index in [0.717, 1.165) is 16.8 Å². The Morgan fingerprint density at radius 1 is 1.00 bits per heavy atom. The largest absolute Gasteiger partial charge is 0.465 e. The molecule has 0 spiro atoms. The first kappa shape index (κ1) is 23.4. The Labute approximate surface area is 198 Å². The maximum Gasteiger partial charge on any atom is 0.407 e. The van der Waals surface area contributed by atoms with Crippen molar-refractivity contribution in [2.75, 3.05) is 44.2 Å². The second-order valence-corrected chi connectivity index (χ2v) is 9.43. The number of halogens is 2. The van der Waals surface area contributed by atoms with E-state index in [1.54, 1.807) is 11.0 Å². The van der Waals surface area contributed by atoms with Crippen LogP contribution in [0.25, 0.3) is 0 Å². The van der Waals surface area contributed by atoms with Gasteiger partial charge in [0.25, 0.3) is 0 Å². The summed E-state index contributed by atoms with van der Waals surface area (Å²) in [4.78, 5) is 30.5. The number of amides is 2. The number of piperidine rings is 1. The predicted octanol–water partition coefficient (Wildman–Crippen LogP) is 4.53. The summed E-state index contributed by atoms with van der Waals surface area (Å²) in [5, 5.41) is 10.2. The lowest BCUT2D eigenvalue weighted by Gasteiger charge is -2.42. The van der Waals surface area contributed by atoms with Crippen molar-refractivity contribution >= 4 is 29.3 Å². The molecule has 4 rings (SSSR count). The van der Waals surface area contributed by atoms with Gasteiger partial charge in [-0.3, -0.25) is 4.79 Å². The number of benzene rings is 2. The second kappa shape index (κ2) is 9.59. The van der Waals surface area contributed by atoms with E-state index >= 15 is 0 Å². The third-order valence-corrected chi connectivity index (χ3v) is 7.09. The Hall–Kier alpha value is -2.80. The fourth-order valence-corrected chi connectivity index (χ4v) is 5.17. The number of piperazine rings is 1. The fraction of sp³-hybridized carbons (Fsp3) is 0.440. The summed E-state index contributed by atoms with van der Waals surface area (Å²) in [5.74, 6) is -1.38. The first-order valence-electron chi connectivity index (χ1n) is 11.3. The molecular formula is C25H29ClFN3O3. The van der Waals surface area contributed by atoms with Crippen LogP contribution in [0.4, 0.5) is 14.9 Å². The van der Waals surface area contributed by atoms with E-state index in [-0.39, 0.29) is 24.2 Å². The van der Waals surface area contributed by atoms with Crippen LogP contribution in [0.2, 0.25) is 5.02 Å². The lowest BCUT2D eigenvalue weighted by molar-refractivity contribution is -0.138. The summed E-state index contributed by atoms with van der Waals surface area (Å²) in [5.41, 5.74) is 3.49. The average Bonchev–Trinajstić information content (AvgIpc) is 2.80. The summed E-state index contributed by atoms with van der Waals surface area (Å²) in [7, 11) is 0. The molecule has 2 aromatic rings. The summed E-state index contributed by atoms with van der Waals surface area (Å²) < 4.78 is 14.8. The van der Waals surface area contributed by atoms with Crippen LogP contribution < -0.4 is 4.90 Å². The topological polar surface area (TPSA) is 64.1 Å². The Balaban J connectivity index is 1.52. The molecule has 2 saturated heterocycles. The van der Waals surface area contributed by atoms with Crippen molar-refractivity contribution < 1.29 is 19.1 Å². The van der Waals surface area contributed by atoms with E-state index in [1.165, 1.54) is 11.0 Å². The Bertz CT molecular complexity index is 1060. The molecule has 176 valence electrons. The van der Waals surface area contributed by atoms with Crippen molar-refractivity contribution in [3.8, 4) is 0 Å². The molecule has 0 saturated carbocycles. The van der Waals surface area contributed by atoms with Gasteiger partial charge >= 0.3 is 6.09 Å². The minimum atomic E-state index is -1.04. The van der Waals surface area contributed by atoms with Crippen molar-refractivity contribution in [2.24, 2.45) is 5.92 Å². The SMILES string of the molecule is Cc1ccc([C@@H]2CCN(C(=O)O)C[C@@H]2C(=O)N2CCN(c3cc(Cl)ccc3C)CC2)c(F)c1. The predicted molar refractivity (Wildman–Crippen MR) is 127 cm³/mol. The molecule has 0 radical (unpaired) electrons. The molecule has 2 amide bonds. The number of rotatable bonds is 3. The highest BCUT2D eigenvalue weighted by Gasteiger charge is 2.40. The number of hydrogen-bond donors (Lipinski definition) is 1. The third-order valence-electron chi connectivity index (χ3n) is 6.86. The van der Waals surface area contributed by atoms with Gasteiger partial charge in [-0.1, -0.05) is 29.8 Å². The molecule has 2 aromatic carbocycles. The summed E-state index contributed by atoms with van der Waals surface area (Å²) in [6.07, 6.45) is -0.624. The number of carbonyl (C=O) groups excluding carboxylic acids is 1. The quantitative estimate of drug-likeness (QED) is 0.711. The van der Waals surface area contributed by atoms with Crippen molar-refractivity contribution in [1.82, 2.24) is 9.80 Å². The molecule has 0 aliphatic carbocycles. The molecule has 2 aliphatic heterocycles. The van der Waals surface area contributed by atoms with E-state index < -0.39 is 12.0 Å². The fourth-order valence-electron chi connectivity index (χ4n) is 5.01. The number of hydrogen-bond acceptors (Lipinski definition) is 3. The molecule has 8 heteroatoms. The molecule has 1 N–H and O–H groups in total. The van der Waals surface area contributed by atoms with Gasteiger partial charge in [0.2, 0.25) is 5.91 Å². The van der Waals surface area contributed by atoms with Gasteiger partial charge in [0, 0.05) is 55.9 Å². The molecule has 33 heavy (non-hydrogen) atoms. The van der Waals surface area contributed by atoms with Crippen LogP contribution in [-0.4, -0.2) is 66.2 Å². The van der Waals surface area contributed by atoms with Crippen LogP contribution in [-0.2, 0) is 4.79 Å². The second-order valence-electron chi connectivity index (χ2n) is 9.00. The van der Waals surface area contributed by atoms with Gasteiger partial charge in [-0.2, -0.15) is 0 Å². The highest BCUT2D eigenvalue weighted by Crippen LogP contribution is 2.36. The van der Waals surface area contributed by atoms with Gasteiger partial charge < -0.3 is 19.8 Å². The number of carbonyl (C=O) groups is 2. The number of nitrogens with zero attached hydrogens (tertiary/aromatic N) is 3. The van der Waals surface area contributed by atoms with Crippen molar-refractivity contribution in [3.05, 3.63) is 63.9 Å². The zero-order chi connectivity index (χ0) is 23.7. The van der Waals surface area contributed by atoms with E-state index in [0.29, 0.717) is 49.7 Å². The monoisotopic (exact) mass is 473 g/mol. The van der Waals surface area contributed by atoms with Crippen LogP contribution in [0.3, 0.4) is 0 Å². The molecular weight excluding hydrogens is 445 g/mol. The molecule has 0 aromatic heterocycles. The van der Waals surface area contributed by atoms with Crippen LogP contribution in [0.1, 0.15) is 29.0 Å². The van der Waals surface area contributed by atoms with E-state index in [1.807, 2.05) is 38.1 Å². The zero-order valence-electron chi connectivity index (χ0n) is 18.9. The lowest BCUT2D eigenvalue weighted by atomic mass is 9.79. The highest BCUT2D eigenvalue weighted by atomic mass is 35.5. The van der Waals surface area contributed by atoms with Crippen molar-refractivity contribution in [1.29, 1.82) is 0 Å². The number of aryl methyl sites for hydroxylation is 2. The molecule has 2 heterocycles. The first-order chi connectivity index (χ1) is 15.7. The van der Waals surface area contributed by atoms with Gasteiger partial charge in [-0.15, -0.1) is 0 Å². The standard InChI is InChI=1S/C25H29ClFN3O3/c1-16-3-6-20(22(27)13-16)19-7-8-30(25(32)33)15-21(19)24(31)29-11-9-28(10-12-29)23-14-18(26)5-4-17(23)2/h3-6,13-14,19,21H,7-12,15H2,1-2H3,(H,32,33)/t19-,21-/m0/s1. The maximum absolute atomic E-state index is 14.8. The van der Waals surface area contributed by atoms with E-state index in [4.69, 9.17) is 11.6 Å². The molecule has 0 bridgehead atoms. The highest BCUT2D eigenvalue weighted by molar-refractivity contribution is 6.30. The molecule has 6 nitrogen and oxygen atoms in total. The summed E-state index contributed by atoms with van der Waals surface area (Å²) in [6.45, 7) is 6.60. The van der Waals surface area contributed by atoms with Crippen LogP contribution in [0.15, 0.2) is 36.4 Å². The van der Waals surface area contributed by atoms with Crippen LogP contribution >= 0.6 is 11.6 Å². The van der Waals surface area contributed by atoms with Gasteiger partial charge in [0.15, 0.2) is 0 Å². The van der Waals surface area contributed by atoms with Crippen LogP contribution in [0, 0.1) is 25.6 Å². The van der Waals surface area contributed by atoms with Crippen LogP contribution in [0.5, 0.6) is 0 Å². The normalized spacial score (nSPS) is 21.3. The third kappa shape index (κ3) is 4.93. The maximum atomic E-state index is 14.8. The van der Waals surface area contributed by atoms with Gasteiger partial charge in [-0.25, -0.2) is 9.18 Å². The van der Waals surface area contributed by atoms with Gasteiger partial charge in [-0.05, 0) is 55.2 Å². The Morgan fingerprint density at radius 3 is 2.39 bits per heavy atom. The number of anilines is 1. The minimum Gasteiger partial charge on any atom is -0.465 e. The zero-order valence-corrected chi connectivity index (χ0v) is 19.7. The van der Waals surface area contributed by atoms with Gasteiger partial charge in [0.1, 0.15) is 5.82 Å². The number of likely N-dealkylation sites (tertiary alicyclic amines) is 1. The van der Waals surface area contributed by atoms with E-state index in [2.05, 4.69) is 4.90 Å². The Kier molecular flexibility index (Phi) is 6.79. The minimum absolute atomic E-state index is 0.0831. The number of carboxylic acid groups (broad SMARTS) is 1. The molecule has 0 unspecified atom stereocenters. The first-order valence-corrected chi connectivity index (χ1v) is 11.7. The van der Waals surface area contributed by atoms with Gasteiger partial charge in [0.05, 0.1) is 5.92 Å². The van der Waals surface area contributed by atoms with Crippen molar-refractivity contribution in [3.63, 3.8) is 0 Å². The summed E-state index contributed by atoms with van der Waals surface area (Å²) >= 11 is 6.18. The summed E-state index contributed by atoms with van der Waals surface area (Å²) in [6, 6.07) is 10.9. The Morgan fingerprint density at radius 2 is 1.73 bits per heavy atom. The van der Waals surface area contributed by atoms with Crippen molar-refractivity contribution in [2.45, 2.75) is 26.2 Å². The average molecular weight is 474 g/mol. The molecule has 2 aliphatic rings.